The summed E-state index contributed by atoms with van der Waals surface area (Å²) in [7, 11) is 0. The summed E-state index contributed by atoms with van der Waals surface area (Å²) in [4.78, 5) is 30.3. The Hall–Kier alpha value is -2.97. The fourth-order valence-electron chi connectivity index (χ4n) is 7.96. The predicted molar refractivity (Wildman–Crippen MR) is 142 cm³/mol. The Kier molecular flexibility index (Phi) is 5.02. The summed E-state index contributed by atoms with van der Waals surface area (Å²) in [5.74, 6) is 0.925. The third kappa shape index (κ3) is 3.52. The molecule has 0 aromatic carbocycles. The second-order valence-corrected chi connectivity index (χ2v) is 12.2. The maximum absolute atomic E-state index is 13.0. The smallest absolute Gasteiger partial charge is 0.252 e. The summed E-state index contributed by atoms with van der Waals surface area (Å²) < 4.78 is 9.37. The van der Waals surface area contributed by atoms with E-state index in [0.717, 1.165) is 87.0 Å². The SMILES string of the molecule is C[C@]1(N)CC2(NCc3cc4c(cn3)OCCC4)CCC1(C[C@@H]1Cn3c(=O)ccc4ccc(=O)n1c43)CC2. The van der Waals surface area contributed by atoms with Crippen LogP contribution in [0.25, 0.3) is 11.0 Å². The number of fused-ring (bicyclic) bond motifs is 4. The molecule has 0 radical (unpaired) electrons. The summed E-state index contributed by atoms with van der Waals surface area (Å²) in [6, 6.07) is 9.03. The van der Waals surface area contributed by atoms with Gasteiger partial charge < -0.3 is 15.8 Å². The molecule has 194 valence electrons. The number of ether oxygens (including phenoxy) is 1. The number of nitrogens with two attached hydrogens (primary N) is 1. The second-order valence-electron chi connectivity index (χ2n) is 12.2. The molecule has 3 N–H and O–H groups in total. The Bertz CT molecular complexity index is 1510. The maximum atomic E-state index is 13.0. The molecule has 0 amide bonds. The molecule has 3 fully saturated rings. The van der Waals surface area contributed by atoms with Crippen LogP contribution in [0.3, 0.4) is 0 Å². The van der Waals surface area contributed by atoms with Crippen LogP contribution in [0.5, 0.6) is 5.75 Å². The first-order valence-corrected chi connectivity index (χ1v) is 13.7. The first kappa shape index (κ1) is 23.2. The van der Waals surface area contributed by atoms with Gasteiger partial charge in [0.05, 0.1) is 24.5 Å². The van der Waals surface area contributed by atoms with E-state index >= 15 is 0 Å². The summed E-state index contributed by atoms with van der Waals surface area (Å²) in [6.45, 7) is 4.26. The third-order valence-electron chi connectivity index (χ3n) is 10.0. The van der Waals surface area contributed by atoms with E-state index in [0.29, 0.717) is 6.54 Å². The largest absolute Gasteiger partial charge is 0.492 e. The van der Waals surface area contributed by atoms with Gasteiger partial charge in [-0.25, -0.2) is 0 Å². The average molecular weight is 502 g/mol. The number of hydrogen-bond acceptors (Lipinski definition) is 6. The first-order chi connectivity index (χ1) is 17.8. The highest BCUT2D eigenvalue weighted by Crippen LogP contribution is 2.60. The summed E-state index contributed by atoms with van der Waals surface area (Å²) >= 11 is 0. The zero-order valence-corrected chi connectivity index (χ0v) is 21.5. The van der Waals surface area contributed by atoms with Crippen LogP contribution in [0, 0.1) is 5.41 Å². The number of aromatic nitrogens is 3. The maximum Gasteiger partial charge on any atom is 0.252 e. The van der Waals surface area contributed by atoms with Crippen LogP contribution in [0.4, 0.5) is 0 Å². The van der Waals surface area contributed by atoms with Gasteiger partial charge in [-0.3, -0.25) is 23.7 Å². The molecule has 3 saturated carbocycles. The monoisotopic (exact) mass is 501 g/mol. The highest BCUT2D eigenvalue weighted by atomic mass is 16.5. The molecule has 2 aliphatic heterocycles. The normalized spacial score (nSPS) is 31.9. The van der Waals surface area contributed by atoms with Gasteiger partial charge in [-0.2, -0.15) is 0 Å². The minimum Gasteiger partial charge on any atom is -0.492 e. The van der Waals surface area contributed by atoms with Gasteiger partial charge in [-0.15, -0.1) is 0 Å². The van der Waals surface area contributed by atoms with Gasteiger partial charge in [-0.05, 0) is 87.5 Å². The molecule has 37 heavy (non-hydrogen) atoms. The highest BCUT2D eigenvalue weighted by molar-refractivity contribution is 5.76. The van der Waals surface area contributed by atoms with Crippen molar-refractivity contribution in [1.82, 2.24) is 19.4 Å². The van der Waals surface area contributed by atoms with Crippen molar-refractivity contribution in [3.05, 3.63) is 68.5 Å². The fraction of sp³-hybridized carbons (Fsp3) is 0.552. The summed E-state index contributed by atoms with van der Waals surface area (Å²) in [5, 5.41) is 4.81. The molecule has 3 aromatic rings. The molecule has 0 saturated heterocycles. The van der Waals surface area contributed by atoms with E-state index in [1.54, 1.807) is 16.7 Å². The molecule has 0 spiro atoms. The molecule has 3 aromatic heterocycles. The molecular weight excluding hydrogens is 466 g/mol. The van der Waals surface area contributed by atoms with Crippen molar-refractivity contribution < 1.29 is 4.74 Å². The first-order valence-electron chi connectivity index (χ1n) is 13.7. The van der Waals surface area contributed by atoms with Crippen molar-refractivity contribution in [3.63, 3.8) is 0 Å². The number of pyridine rings is 3. The number of aryl methyl sites for hydroxylation is 1. The second kappa shape index (κ2) is 8.01. The fourth-order valence-corrected chi connectivity index (χ4v) is 7.96. The van der Waals surface area contributed by atoms with E-state index in [4.69, 9.17) is 10.5 Å². The van der Waals surface area contributed by atoms with Gasteiger partial charge in [0.15, 0.2) is 0 Å². The standard InChI is InChI=1S/C29H35N5O3/c1-27(30)18-29(32-15-21-13-20-3-2-12-37-23(20)16-31-21)10-8-28(27,9-11-29)14-22-17-33-24(35)6-4-19-5-7-25(36)34(22)26(19)33/h4-7,13,16,22,32H,2-3,8-12,14-15,17-18,30H2,1H3/t22-,27+,28?,29?/m1/s1. The predicted octanol–water partition coefficient (Wildman–Crippen LogP) is 3.04. The zero-order chi connectivity index (χ0) is 25.4. The Morgan fingerprint density at radius 1 is 1.14 bits per heavy atom. The van der Waals surface area contributed by atoms with E-state index in [1.807, 2.05) is 22.9 Å². The van der Waals surface area contributed by atoms with Crippen molar-refractivity contribution in [2.24, 2.45) is 11.1 Å². The van der Waals surface area contributed by atoms with E-state index in [-0.39, 0.29) is 33.7 Å². The molecule has 2 bridgehead atoms. The van der Waals surface area contributed by atoms with Gasteiger partial charge in [0, 0.05) is 41.7 Å². The lowest BCUT2D eigenvalue weighted by Crippen LogP contribution is -2.69. The van der Waals surface area contributed by atoms with E-state index < -0.39 is 0 Å². The number of nitrogens with zero attached hydrogens (tertiary/aromatic N) is 3. The van der Waals surface area contributed by atoms with Gasteiger partial charge >= 0.3 is 0 Å². The van der Waals surface area contributed by atoms with Crippen LogP contribution < -0.4 is 26.9 Å². The summed E-state index contributed by atoms with van der Waals surface area (Å²) in [5.41, 5.74) is 9.73. The van der Waals surface area contributed by atoms with Crippen LogP contribution in [-0.4, -0.2) is 31.8 Å². The minimum atomic E-state index is -0.370. The van der Waals surface area contributed by atoms with Crippen molar-refractivity contribution >= 4 is 11.0 Å². The Morgan fingerprint density at radius 2 is 1.92 bits per heavy atom. The van der Waals surface area contributed by atoms with E-state index in [9.17, 15) is 9.59 Å². The Labute approximate surface area is 215 Å². The topological polar surface area (TPSA) is 104 Å². The van der Waals surface area contributed by atoms with Gasteiger partial charge in [-0.1, -0.05) is 0 Å². The molecule has 5 aliphatic rings. The summed E-state index contributed by atoms with van der Waals surface area (Å²) in [6.07, 6.45) is 9.86. The highest BCUT2D eigenvalue weighted by Gasteiger charge is 2.59. The molecule has 2 atom stereocenters. The van der Waals surface area contributed by atoms with Crippen LogP contribution in [0.15, 0.2) is 46.1 Å². The van der Waals surface area contributed by atoms with Crippen molar-refractivity contribution in [2.75, 3.05) is 6.61 Å². The van der Waals surface area contributed by atoms with Crippen molar-refractivity contribution in [2.45, 2.75) is 88.5 Å². The van der Waals surface area contributed by atoms with Crippen LogP contribution in [0.2, 0.25) is 0 Å². The van der Waals surface area contributed by atoms with E-state index in [1.165, 1.54) is 5.56 Å². The van der Waals surface area contributed by atoms with Crippen molar-refractivity contribution in [1.29, 1.82) is 0 Å². The van der Waals surface area contributed by atoms with Gasteiger partial charge in [0.2, 0.25) is 0 Å². The number of nitrogens with one attached hydrogen (secondary N) is 1. The van der Waals surface area contributed by atoms with Crippen LogP contribution in [-0.2, 0) is 19.5 Å². The van der Waals surface area contributed by atoms with Gasteiger partial charge in [0.1, 0.15) is 11.4 Å². The molecule has 5 heterocycles. The molecule has 8 nitrogen and oxygen atoms in total. The zero-order valence-electron chi connectivity index (χ0n) is 21.5. The lowest BCUT2D eigenvalue weighted by Gasteiger charge is -2.63. The van der Waals surface area contributed by atoms with Crippen molar-refractivity contribution in [3.8, 4) is 5.75 Å². The average Bonchev–Trinajstić information content (AvgIpc) is 3.28. The lowest BCUT2D eigenvalue weighted by molar-refractivity contribution is -0.0622. The Balaban J connectivity index is 1.11. The quantitative estimate of drug-likeness (QED) is 0.557. The van der Waals surface area contributed by atoms with Crippen LogP contribution >= 0.6 is 0 Å². The molecular formula is C29H35N5O3. The molecule has 8 rings (SSSR count). The third-order valence-corrected chi connectivity index (χ3v) is 10.0. The number of hydrogen-bond donors (Lipinski definition) is 2. The lowest BCUT2D eigenvalue weighted by atomic mass is 9.47. The number of rotatable bonds is 5. The Morgan fingerprint density at radius 3 is 2.70 bits per heavy atom. The van der Waals surface area contributed by atoms with Crippen LogP contribution in [0.1, 0.15) is 69.2 Å². The molecule has 0 unspecified atom stereocenters. The minimum absolute atomic E-state index is 0.00572. The van der Waals surface area contributed by atoms with E-state index in [2.05, 4.69) is 23.3 Å². The van der Waals surface area contributed by atoms with Gasteiger partial charge in [0.25, 0.3) is 11.1 Å². The molecule has 8 heteroatoms. The molecule has 3 aliphatic carbocycles.